The maximum atomic E-state index is 12.5. The molecule has 0 atom stereocenters. The number of nitrogens with zero attached hydrogens (tertiary/aromatic N) is 3. The lowest BCUT2D eigenvalue weighted by molar-refractivity contribution is -0.126. The highest BCUT2D eigenvalue weighted by atomic mass is 35.5. The molecular formula is C17H19Cl2N3O. The smallest absolute Gasteiger partial charge is 0.253 e. The van der Waals surface area contributed by atoms with Crippen LogP contribution in [0, 0.1) is 0 Å². The molecule has 0 aliphatic carbocycles. The Labute approximate surface area is 146 Å². The molecule has 0 bridgehead atoms. The third-order valence-electron chi connectivity index (χ3n) is 3.69. The van der Waals surface area contributed by atoms with Gasteiger partial charge in [-0.05, 0) is 6.42 Å². The lowest BCUT2D eigenvalue weighted by atomic mass is 10.2. The van der Waals surface area contributed by atoms with E-state index >= 15 is 0 Å². The van der Waals surface area contributed by atoms with Crippen molar-refractivity contribution < 1.29 is 4.79 Å². The summed E-state index contributed by atoms with van der Waals surface area (Å²) in [6, 6.07) is 0. The van der Waals surface area contributed by atoms with E-state index in [1.807, 2.05) is 4.90 Å². The molecule has 23 heavy (non-hydrogen) atoms. The zero-order valence-electron chi connectivity index (χ0n) is 12.8. The quantitative estimate of drug-likeness (QED) is 0.612. The van der Waals surface area contributed by atoms with Crippen LogP contribution in [0.15, 0.2) is 49.4 Å². The van der Waals surface area contributed by atoms with Gasteiger partial charge in [0, 0.05) is 44.1 Å². The first kappa shape index (κ1) is 17.6. The molecule has 1 amide bonds. The second-order valence-corrected chi connectivity index (χ2v) is 5.96. The summed E-state index contributed by atoms with van der Waals surface area (Å²) in [7, 11) is 0. The summed E-state index contributed by atoms with van der Waals surface area (Å²) in [5.41, 5.74) is 1.33. The standard InChI is InChI=1S/C17H19Cl2N3O/c1-3-6-13(4-2)17(23)22-8-5-7-21(9-10-22)16-14(18)11-20-12-15(16)19/h3-4,6,11-12H,1-2,5,7-10H2/b13-6+. The van der Waals surface area contributed by atoms with Crippen LogP contribution in [-0.2, 0) is 4.79 Å². The fraction of sp³-hybridized carbons (Fsp3) is 0.294. The van der Waals surface area contributed by atoms with Gasteiger partial charge in [-0.3, -0.25) is 9.78 Å². The predicted octanol–water partition coefficient (Wildman–Crippen LogP) is 3.73. The molecule has 0 spiro atoms. The number of aromatic nitrogens is 1. The molecule has 122 valence electrons. The van der Waals surface area contributed by atoms with E-state index < -0.39 is 0 Å². The third-order valence-corrected chi connectivity index (χ3v) is 4.25. The van der Waals surface area contributed by atoms with Crippen LogP contribution in [0.3, 0.4) is 0 Å². The van der Waals surface area contributed by atoms with E-state index in [4.69, 9.17) is 23.2 Å². The van der Waals surface area contributed by atoms with Crippen molar-refractivity contribution in [2.75, 3.05) is 31.1 Å². The molecule has 2 heterocycles. The summed E-state index contributed by atoms with van der Waals surface area (Å²) in [5, 5.41) is 1.05. The summed E-state index contributed by atoms with van der Waals surface area (Å²) >= 11 is 12.5. The van der Waals surface area contributed by atoms with Crippen molar-refractivity contribution in [1.82, 2.24) is 9.88 Å². The van der Waals surface area contributed by atoms with Gasteiger partial charge in [0.25, 0.3) is 5.91 Å². The van der Waals surface area contributed by atoms with Crippen molar-refractivity contribution in [3.05, 3.63) is 59.4 Å². The number of hydrogen-bond donors (Lipinski definition) is 0. The molecule has 0 saturated carbocycles. The minimum atomic E-state index is -0.0336. The normalized spacial score (nSPS) is 16.0. The first-order valence-corrected chi connectivity index (χ1v) is 8.12. The number of rotatable bonds is 4. The number of allylic oxidation sites excluding steroid dienone is 2. The molecule has 0 aromatic carbocycles. The maximum Gasteiger partial charge on any atom is 0.253 e. The van der Waals surface area contributed by atoms with Gasteiger partial charge in [0.2, 0.25) is 0 Å². The van der Waals surface area contributed by atoms with Crippen LogP contribution in [-0.4, -0.2) is 42.0 Å². The fourth-order valence-corrected chi connectivity index (χ4v) is 3.19. The highest BCUT2D eigenvalue weighted by molar-refractivity contribution is 6.38. The summed E-state index contributed by atoms with van der Waals surface area (Å²) < 4.78 is 0. The number of pyridine rings is 1. The lowest BCUT2D eigenvalue weighted by Gasteiger charge is -2.25. The van der Waals surface area contributed by atoms with Gasteiger partial charge < -0.3 is 9.80 Å². The molecule has 6 heteroatoms. The van der Waals surface area contributed by atoms with Crippen LogP contribution < -0.4 is 4.90 Å². The summed E-state index contributed by atoms with van der Waals surface area (Å²) in [6.07, 6.45) is 8.82. The minimum Gasteiger partial charge on any atom is -0.367 e. The first-order chi connectivity index (χ1) is 11.1. The molecule has 0 unspecified atom stereocenters. The van der Waals surface area contributed by atoms with Gasteiger partial charge in [-0.15, -0.1) is 0 Å². The molecule has 1 aromatic heterocycles. The monoisotopic (exact) mass is 351 g/mol. The molecule has 1 aromatic rings. The van der Waals surface area contributed by atoms with Crippen LogP contribution >= 0.6 is 23.2 Å². The van der Waals surface area contributed by atoms with Crippen molar-refractivity contribution in [3.8, 4) is 0 Å². The van der Waals surface area contributed by atoms with Gasteiger partial charge in [0.05, 0.1) is 15.7 Å². The molecule has 1 saturated heterocycles. The molecule has 0 radical (unpaired) electrons. The van der Waals surface area contributed by atoms with Gasteiger partial charge in [0.1, 0.15) is 0 Å². The Balaban J connectivity index is 2.14. The Morgan fingerprint density at radius 1 is 1.13 bits per heavy atom. The molecular weight excluding hydrogens is 333 g/mol. The Hall–Kier alpha value is -1.78. The maximum absolute atomic E-state index is 12.5. The van der Waals surface area contributed by atoms with E-state index in [9.17, 15) is 4.79 Å². The van der Waals surface area contributed by atoms with Gasteiger partial charge in [-0.2, -0.15) is 0 Å². The zero-order chi connectivity index (χ0) is 16.8. The van der Waals surface area contributed by atoms with Crippen LogP contribution in [0.4, 0.5) is 5.69 Å². The number of anilines is 1. The largest absolute Gasteiger partial charge is 0.367 e. The average molecular weight is 352 g/mol. The average Bonchev–Trinajstić information content (AvgIpc) is 2.78. The highest BCUT2D eigenvalue weighted by Gasteiger charge is 2.22. The Morgan fingerprint density at radius 2 is 1.83 bits per heavy atom. The van der Waals surface area contributed by atoms with Crippen LogP contribution in [0.5, 0.6) is 0 Å². The third kappa shape index (κ3) is 4.15. The van der Waals surface area contributed by atoms with Gasteiger partial charge in [0.15, 0.2) is 0 Å². The number of halogens is 2. The summed E-state index contributed by atoms with van der Waals surface area (Å²) in [5.74, 6) is -0.0336. The first-order valence-electron chi connectivity index (χ1n) is 7.37. The minimum absolute atomic E-state index is 0.0336. The van der Waals surface area contributed by atoms with E-state index in [-0.39, 0.29) is 5.91 Å². The van der Waals surface area contributed by atoms with E-state index in [0.29, 0.717) is 35.3 Å². The van der Waals surface area contributed by atoms with E-state index in [0.717, 1.165) is 18.7 Å². The zero-order valence-corrected chi connectivity index (χ0v) is 14.4. The van der Waals surface area contributed by atoms with Gasteiger partial charge >= 0.3 is 0 Å². The molecule has 1 fully saturated rings. The summed E-state index contributed by atoms with van der Waals surface area (Å²) in [4.78, 5) is 20.4. The molecule has 1 aliphatic rings. The second-order valence-electron chi connectivity index (χ2n) is 5.15. The van der Waals surface area contributed by atoms with Crippen molar-refractivity contribution in [2.24, 2.45) is 0 Å². The fourth-order valence-electron chi connectivity index (χ4n) is 2.59. The number of carbonyl (C=O) groups is 1. The van der Waals surface area contributed by atoms with Crippen molar-refractivity contribution in [1.29, 1.82) is 0 Å². The number of carbonyl (C=O) groups excluding carboxylic acids is 1. The lowest BCUT2D eigenvalue weighted by Crippen LogP contribution is -2.35. The number of amides is 1. The molecule has 2 rings (SSSR count). The van der Waals surface area contributed by atoms with E-state index in [1.54, 1.807) is 30.6 Å². The van der Waals surface area contributed by atoms with E-state index in [2.05, 4.69) is 23.0 Å². The van der Waals surface area contributed by atoms with E-state index in [1.165, 1.54) is 0 Å². The SMILES string of the molecule is C=C/C=C(\C=C)C(=O)N1CCCN(c2c(Cl)cncc2Cl)CC1. The predicted molar refractivity (Wildman–Crippen MR) is 96.1 cm³/mol. The van der Waals surface area contributed by atoms with Gasteiger partial charge in [-0.25, -0.2) is 0 Å². The Bertz CT molecular complexity index is 622. The molecule has 1 aliphatic heterocycles. The Morgan fingerprint density at radius 3 is 2.43 bits per heavy atom. The van der Waals surface area contributed by atoms with Gasteiger partial charge in [-0.1, -0.05) is 54.6 Å². The Kier molecular flexibility index (Phi) is 6.25. The highest BCUT2D eigenvalue weighted by Crippen LogP contribution is 2.33. The van der Waals surface area contributed by atoms with Crippen molar-refractivity contribution in [3.63, 3.8) is 0 Å². The topological polar surface area (TPSA) is 36.4 Å². The van der Waals surface area contributed by atoms with Crippen molar-refractivity contribution >= 4 is 34.8 Å². The second kappa shape index (κ2) is 8.18. The van der Waals surface area contributed by atoms with Crippen LogP contribution in [0.25, 0.3) is 0 Å². The molecule has 0 N–H and O–H groups in total. The van der Waals surface area contributed by atoms with Crippen LogP contribution in [0.1, 0.15) is 6.42 Å². The number of hydrogen-bond acceptors (Lipinski definition) is 3. The summed E-state index contributed by atoms with van der Waals surface area (Å²) in [6.45, 7) is 10.0. The molecule has 4 nitrogen and oxygen atoms in total. The van der Waals surface area contributed by atoms with Crippen LogP contribution in [0.2, 0.25) is 10.0 Å². The van der Waals surface area contributed by atoms with Crippen molar-refractivity contribution in [2.45, 2.75) is 6.42 Å².